The highest BCUT2D eigenvalue weighted by Gasteiger charge is 2.03. The number of nitrogens with zero attached hydrogens (tertiary/aromatic N) is 2. The lowest BCUT2D eigenvalue weighted by Gasteiger charge is -2.03. The fourth-order valence-electron chi connectivity index (χ4n) is 0.999. The first-order valence-corrected chi connectivity index (χ1v) is 4.25. The molecule has 1 unspecified atom stereocenters. The summed E-state index contributed by atoms with van der Waals surface area (Å²) in [6.45, 7) is 3.80. The number of nitrogens with two attached hydrogens (primary N) is 1. The van der Waals surface area contributed by atoms with E-state index in [4.69, 9.17) is 17.3 Å². The Morgan fingerprint density at radius 2 is 2.25 bits per heavy atom. The molecule has 0 bridgehead atoms. The van der Waals surface area contributed by atoms with Gasteiger partial charge in [-0.05, 0) is 13.8 Å². The molecule has 0 saturated carbocycles. The first-order chi connectivity index (χ1) is 5.58. The summed E-state index contributed by atoms with van der Waals surface area (Å²) in [5, 5.41) is 0.0474. The molecule has 1 rings (SSSR count). The average molecular weight is 186 g/mol. The zero-order valence-corrected chi connectivity index (χ0v) is 7.97. The van der Waals surface area contributed by atoms with Crippen LogP contribution in [0.5, 0.6) is 0 Å². The lowest BCUT2D eigenvalue weighted by molar-refractivity contribution is 0.835. The maximum atomic E-state index is 5.80. The Labute approximate surface area is 77.0 Å². The maximum Gasteiger partial charge on any atom is 0.132 e. The van der Waals surface area contributed by atoms with Crippen molar-refractivity contribution in [2.45, 2.75) is 25.6 Å². The standard InChI is InChI=1S/C8H12ClN3/c1-5(9)3-8-11-6(2)4-7(10)12-8/h4-5H,3H2,1-2H3,(H2,10,11,12). The van der Waals surface area contributed by atoms with Crippen LogP contribution in [0.2, 0.25) is 0 Å². The van der Waals surface area contributed by atoms with Crippen molar-refractivity contribution in [3.05, 3.63) is 17.6 Å². The highest BCUT2D eigenvalue weighted by molar-refractivity contribution is 6.20. The number of hydrogen-bond donors (Lipinski definition) is 1. The Kier molecular flexibility index (Phi) is 2.87. The third-order valence-electron chi connectivity index (χ3n) is 1.38. The van der Waals surface area contributed by atoms with Crippen molar-refractivity contribution >= 4 is 17.4 Å². The summed E-state index contributed by atoms with van der Waals surface area (Å²) in [6, 6.07) is 1.74. The molecule has 0 fully saturated rings. The predicted octanol–water partition coefficient (Wildman–Crippen LogP) is 1.54. The van der Waals surface area contributed by atoms with E-state index in [9.17, 15) is 0 Å². The number of aryl methyl sites for hydroxylation is 1. The van der Waals surface area contributed by atoms with Crippen LogP contribution in [-0.4, -0.2) is 15.3 Å². The van der Waals surface area contributed by atoms with Crippen molar-refractivity contribution < 1.29 is 0 Å². The molecule has 3 nitrogen and oxygen atoms in total. The van der Waals surface area contributed by atoms with Gasteiger partial charge in [-0.25, -0.2) is 9.97 Å². The van der Waals surface area contributed by atoms with Gasteiger partial charge in [0.15, 0.2) is 0 Å². The third-order valence-corrected chi connectivity index (χ3v) is 1.54. The molecular weight excluding hydrogens is 174 g/mol. The van der Waals surface area contributed by atoms with Crippen molar-refractivity contribution in [2.75, 3.05) is 5.73 Å². The molecule has 0 saturated heterocycles. The molecular formula is C8H12ClN3. The van der Waals surface area contributed by atoms with Gasteiger partial charge in [0.2, 0.25) is 0 Å². The highest BCUT2D eigenvalue weighted by atomic mass is 35.5. The Balaban J connectivity index is 2.85. The molecule has 0 aliphatic rings. The summed E-state index contributed by atoms with van der Waals surface area (Å²) in [5.41, 5.74) is 6.43. The minimum absolute atomic E-state index is 0.0474. The molecule has 66 valence electrons. The summed E-state index contributed by atoms with van der Waals surface area (Å²) < 4.78 is 0. The minimum Gasteiger partial charge on any atom is -0.384 e. The predicted molar refractivity (Wildman–Crippen MR) is 50.2 cm³/mol. The van der Waals surface area contributed by atoms with Crippen LogP contribution < -0.4 is 5.73 Å². The van der Waals surface area contributed by atoms with Gasteiger partial charge in [-0.1, -0.05) is 0 Å². The van der Waals surface area contributed by atoms with Crippen LogP contribution in [0.25, 0.3) is 0 Å². The molecule has 0 aliphatic heterocycles. The number of rotatable bonds is 2. The first-order valence-electron chi connectivity index (χ1n) is 3.82. The average Bonchev–Trinajstić information content (AvgIpc) is 1.81. The van der Waals surface area contributed by atoms with Gasteiger partial charge in [0.1, 0.15) is 11.6 Å². The molecule has 0 amide bonds. The van der Waals surface area contributed by atoms with Gasteiger partial charge >= 0.3 is 0 Å². The van der Waals surface area contributed by atoms with Crippen LogP contribution >= 0.6 is 11.6 Å². The number of alkyl halides is 1. The van der Waals surface area contributed by atoms with Crippen molar-refractivity contribution in [1.82, 2.24) is 9.97 Å². The summed E-state index contributed by atoms with van der Waals surface area (Å²) in [6.07, 6.45) is 0.660. The Morgan fingerprint density at radius 1 is 1.58 bits per heavy atom. The normalized spacial score (nSPS) is 12.9. The fraction of sp³-hybridized carbons (Fsp3) is 0.500. The van der Waals surface area contributed by atoms with E-state index in [1.54, 1.807) is 6.07 Å². The zero-order valence-electron chi connectivity index (χ0n) is 7.21. The smallest absolute Gasteiger partial charge is 0.132 e. The van der Waals surface area contributed by atoms with Gasteiger partial charge < -0.3 is 5.73 Å². The molecule has 0 spiro atoms. The van der Waals surface area contributed by atoms with Gasteiger partial charge in [0.25, 0.3) is 0 Å². The van der Waals surface area contributed by atoms with E-state index >= 15 is 0 Å². The van der Waals surface area contributed by atoms with Gasteiger partial charge in [-0.2, -0.15) is 0 Å². The first kappa shape index (κ1) is 9.26. The number of aromatic nitrogens is 2. The summed E-state index contributed by atoms with van der Waals surface area (Å²) in [7, 11) is 0. The van der Waals surface area contributed by atoms with Crippen LogP contribution in [0.4, 0.5) is 5.82 Å². The minimum atomic E-state index is 0.0474. The quantitative estimate of drug-likeness (QED) is 0.712. The lowest BCUT2D eigenvalue weighted by Crippen LogP contribution is -2.06. The fourth-order valence-corrected chi connectivity index (χ4v) is 1.14. The molecule has 12 heavy (non-hydrogen) atoms. The van der Waals surface area contributed by atoms with E-state index < -0.39 is 0 Å². The number of halogens is 1. The molecule has 1 heterocycles. The van der Waals surface area contributed by atoms with Gasteiger partial charge in [-0.15, -0.1) is 11.6 Å². The highest BCUT2D eigenvalue weighted by Crippen LogP contribution is 2.06. The number of hydrogen-bond acceptors (Lipinski definition) is 3. The van der Waals surface area contributed by atoms with Crippen molar-refractivity contribution in [2.24, 2.45) is 0 Å². The van der Waals surface area contributed by atoms with E-state index in [0.717, 1.165) is 11.5 Å². The van der Waals surface area contributed by atoms with E-state index in [0.29, 0.717) is 12.2 Å². The molecule has 1 atom stereocenters. The second-order valence-corrected chi connectivity index (χ2v) is 3.58. The topological polar surface area (TPSA) is 51.8 Å². The van der Waals surface area contributed by atoms with Gasteiger partial charge in [-0.3, -0.25) is 0 Å². The zero-order chi connectivity index (χ0) is 9.14. The monoisotopic (exact) mass is 185 g/mol. The third kappa shape index (κ3) is 2.66. The Hall–Kier alpha value is -0.830. The lowest BCUT2D eigenvalue weighted by atomic mass is 10.3. The molecule has 0 radical (unpaired) electrons. The van der Waals surface area contributed by atoms with Crippen LogP contribution in [-0.2, 0) is 6.42 Å². The Morgan fingerprint density at radius 3 is 2.75 bits per heavy atom. The van der Waals surface area contributed by atoms with E-state index in [1.807, 2.05) is 13.8 Å². The van der Waals surface area contributed by atoms with Crippen molar-refractivity contribution in [3.63, 3.8) is 0 Å². The second-order valence-electron chi connectivity index (χ2n) is 2.84. The van der Waals surface area contributed by atoms with Crippen LogP contribution in [0.1, 0.15) is 18.4 Å². The van der Waals surface area contributed by atoms with E-state index in [2.05, 4.69) is 9.97 Å². The molecule has 1 aromatic rings. The molecule has 4 heteroatoms. The van der Waals surface area contributed by atoms with Gasteiger partial charge in [0, 0.05) is 23.6 Å². The molecule has 2 N–H and O–H groups in total. The summed E-state index contributed by atoms with van der Waals surface area (Å²) in [5.74, 6) is 1.23. The SMILES string of the molecule is Cc1cc(N)nc(CC(C)Cl)n1. The molecule has 0 aromatic carbocycles. The summed E-state index contributed by atoms with van der Waals surface area (Å²) >= 11 is 5.80. The van der Waals surface area contributed by atoms with E-state index in [-0.39, 0.29) is 5.38 Å². The molecule has 0 aliphatic carbocycles. The maximum absolute atomic E-state index is 5.80. The number of anilines is 1. The second kappa shape index (κ2) is 3.72. The molecule has 1 aromatic heterocycles. The van der Waals surface area contributed by atoms with Crippen LogP contribution in [0.3, 0.4) is 0 Å². The van der Waals surface area contributed by atoms with Crippen molar-refractivity contribution in [1.29, 1.82) is 0 Å². The largest absolute Gasteiger partial charge is 0.384 e. The van der Waals surface area contributed by atoms with E-state index in [1.165, 1.54) is 0 Å². The van der Waals surface area contributed by atoms with Crippen LogP contribution in [0.15, 0.2) is 6.07 Å². The number of nitrogen functional groups attached to an aromatic ring is 1. The van der Waals surface area contributed by atoms with Crippen molar-refractivity contribution in [3.8, 4) is 0 Å². The Bertz CT molecular complexity index is 253. The van der Waals surface area contributed by atoms with Crippen LogP contribution in [0, 0.1) is 6.92 Å². The summed E-state index contributed by atoms with van der Waals surface area (Å²) in [4.78, 5) is 8.25. The van der Waals surface area contributed by atoms with Gasteiger partial charge in [0.05, 0.1) is 0 Å².